The van der Waals surface area contributed by atoms with Crippen molar-refractivity contribution in [3.63, 3.8) is 0 Å². The number of sulfonamides is 1. The minimum atomic E-state index is -3.61. The lowest BCUT2D eigenvalue weighted by molar-refractivity contribution is 0.530. The monoisotopic (exact) mass is 336 g/mol. The zero-order valence-corrected chi connectivity index (χ0v) is 13.8. The van der Waals surface area contributed by atoms with E-state index in [0.29, 0.717) is 23.7 Å². The summed E-state index contributed by atoms with van der Waals surface area (Å²) in [7, 11) is -1.86. The van der Waals surface area contributed by atoms with Crippen LogP contribution in [0.4, 0.5) is 0 Å². The molecule has 0 radical (unpaired) electrons. The van der Waals surface area contributed by atoms with Gasteiger partial charge in [-0.2, -0.15) is 0 Å². The molecular formula is C13H18Cl2N2O2S. The van der Waals surface area contributed by atoms with Gasteiger partial charge in [-0.1, -0.05) is 30.1 Å². The van der Waals surface area contributed by atoms with Crippen LogP contribution in [-0.4, -0.2) is 22.0 Å². The molecule has 1 aliphatic rings. The van der Waals surface area contributed by atoms with E-state index in [1.807, 2.05) is 0 Å². The Balaban J connectivity index is 2.28. The second kappa shape index (κ2) is 5.81. The fourth-order valence-corrected chi connectivity index (χ4v) is 3.97. The van der Waals surface area contributed by atoms with Crippen LogP contribution in [-0.2, 0) is 16.6 Å². The molecule has 0 amide bonds. The van der Waals surface area contributed by atoms with Gasteiger partial charge in [0.1, 0.15) is 4.90 Å². The number of halogens is 2. The van der Waals surface area contributed by atoms with E-state index < -0.39 is 10.0 Å². The zero-order valence-electron chi connectivity index (χ0n) is 11.5. The van der Waals surface area contributed by atoms with Gasteiger partial charge in [-0.25, -0.2) is 13.1 Å². The molecule has 0 aromatic heterocycles. The van der Waals surface area contributed by atoms with Crippen molar-refractivity contribution in [2.75, 3.05) is 13.6 Å². The van der Waals surface area contributed by atoms with Gasteiger partial charge in [-0.05, 0) is 37.4 Å². The molecule has 0 heterocycles. The van der Waals surface area contributed by atoms with Crippen LogP contribution >= 0.6 is 23.2 Å². The molecule has 2 rings (SSSR count). The van der Waals surface area contributed by atoms with Crippen LogP contribution in [0.3, 0.4) is 0 Å². The molecule has 0 saturated heterocycles. The highest BCUT2D eigenvalue weighted by Crippen LogP contribution is 2.44. The molecular weight excluding hydrogens is 319 g/mol. The second-order valence-corrected chi connectivity index (χ2v) is 8.02. The van der Waals surface area contributed by atoms with Gasteiger partial charge in [0, 0.05) is 23.7 Å². The van der Waals surface area contributed by atoms with E-state index in [4.69, 9.17) is 23.2 Å². The van der Waals surface area contributed by atoms with Crippen molar-refractivity contribution in [3.8, 4) is 0 Å². The van der Waals surface area contributed by atoms with Crippen LogP contribution in [0.2, 0.25) is 10.0 Å². The van der Waals surface area contributed by atoms with E-state index in [1.54, 1.807) is 13.1 Å². The normalized spacial score (nSPS) is 17.2. The van der Waals surface area contributed by atoms with Gasteiger partial charge >= 0.3 is 0 Å². The summed E-state index contributed by atoms with van der Waals surface area (Å²) >= 11 is 12.2. The van der Waals surface area contributed by atoms with Crippen LogP contribution in [0, 0.1) is 5.41 Å². The Morgan fingerprint density at radius 2 is 1.95 bits per heavy atom. The molecule has 7 heteroatoms. The summed E-state index contributed by atoms with van der Waals surface area (Å²) in [6, 6.07) is 3.01. The molecule has 2 N–H and O–H groups in total. The van der Waals surface area contributed by atoms with Crippen molar-refractivity contribution in [2.24, 2.45) is 5.41 Å². The SMILES string of the molecule is CNCc1c(Cl)ccc(S(=O)(=O)NCC2(C)CC2)c1Cl. The molecule has 0 unspecified atom stereocenters. The molecule has 1 fully saturated rings. The largest absolute Gasteiger partial charge is 0.316 e. The Bertz CT molecular complexity index is 613. The fraction of sp³-hybridized carbons (Fsp3) is 0.538. The van der Waals surface area contributed by atoms with E-state index in [2.05, 4.69) is 17.0 Å². The summed E-state index contributed by atoms with van der Waals surface area (Å²) in [6.45, 7) is 2.92. The van der Waals surface area contributed by atoms with Crippen LogP contribution in [0.15, 0.2) is 17.0 Å². The predicted molar refractivity (Wildman–Crippen MR) is 81.8 cm³/mol. The van der Waals surface area contributed by atoms with Gasteiger partial charge < -0.3 is 5.32 Å². The lowest BCUT2D eigenvalue weighted by Crippen LogP contribution is -2.29. The highest BCUT2D eigenvalue weighted by atomic mass is 35.5. The van der Waals surface area contributed by atoms with Gasteiger partial charge in [-0.15, -0.1) is 0 Å². The Morgan fingerprint density at radius 1 is 1.30 bits per heavy atom. The Morgan fingerprint density at radius 3 is 2.50 bits per heavy atom. The second-order valence-electron chi connectivity index (χ2n) is 5.50. The molecule has 1 saturated carbocycles. The maximum Gasteiger partial charge on any atom is 0.242 e. The number of benzene rings is 1. The quantitative estimate of drug-likeness (QED) is 0.839. The Hall–Kier alpha value is -0.330. The molecule has 112 valence electrons. The lowest BCUT2D eigenvalue weighted by atomic mass is 10.2. The average Bonchev–Trinajstić information content (AvgIpc) is 3.11. The number of hydrogen-bond acceptors (Lipinski definition) is 3. The molecule has 0 atom stereocenters. The van der Waals surface area contributed by atoms with Gasteiger partial charge in [0.2, 0.25) is 10.0 Å². The maximum atomic E-state index is 12.3. The lowest BCUT2D eigenvalue weighted by Gasteiger charge is -2.14. The standard InChI is InChI=1S/C13H18Cl2N2O2S/c1-13(5-6-13)8-17-20(18,19)11-4-3-10(14)9(7-16-2)12(11)15/h3-4,16-17H,5-8H2,1-2H3. The Kier molecular flexibility index (Phi) is 4.66. The molecule has 1 aromatic carbocycles. The number of hydrogen-bond donors (Lipinski definition) is 2. The summed E-state index contributed by atoms with van der Waals surface area (Å²) in [5.74, 6) is 0. The molecule has 0 bridgehead atoms. The number of nitrogens with one attached hydrogen (secondary N) is 2. The predicted octanol–water partition coefficient (Wildman–Crippen LogP) is 2.79. The van der Waals surface area contributed by atoms with Crippen molar-refractivity contribution >= 4 is 33.2 Å². The fourth-order valence-electron chi connectivity index (χ4n) is 1.86. The molecule has 1 aromatic rings. The van der Waals surface area contributed by atoms with Crippen LogP contribution in [0.1, 0.15) is 25.3 Å². The minimum Gasteiger partial charge on any atom is -0.316 e. The van der Waals surface area contributed by atoms with Gasteiger partial charge in [0.05, 0.1) is 5.02 Å². The van der Waals surface area contributed by atoms with Crippen molar-refractivity contribution in [1.82, 2.24) is 10.0 Å². The van der Waals surface area contributed by atoms with E-state index in [0.717, 1.165) is 12.8 Å². The first-order chi connectivity index (χ1) is 9.29. The zero-order chi connectivity index (χ0) is 15.0. The summed E-state index contributed by atoms with van der Waals surface area (Å²) in [6.07, 6.45) is 2.10. The topological polar surface area (TPSA) is 58.2 Å². The summed E-state index contributed by atoms with van der Waals surface area (Å²) in [4.78, 5) is 0.0815. The minimum absolute atomic E-state index is 0.0815. The third-order valence-corrected chi connectivity index (χ3v) is 5.93. The third kappa shape index (κ3) is 3.46. The molecule has 1 aliphatic carbocycles. The summed E-state index contributed by atoms with van der Waals surface area (Å²) in [5, 5.41) is 3.56. The maximum absolute atomic E-state index is 12.3. The highest BCUT2D eigenvalue weighted by molar-refractivity contribution is 7.89. The molecule has 0 aliphatic heterocycles. The Labute approximate surface area is 129 Å². The smallest absolute Gasteiger partial charge is 0.242 e. The van der Waals surface area contributed by atoms with Gasteiger partial charge in [-0.3, -0.25) is 0 Å². The van der Waals surface area contributed by atoms with E-state index in [9.17, 15) is 8.42 Å². The van der Waals surface area contributed by atoms with Crippen LogP contribution in [0.5, 0.6) is 0 Å². The third-order valence-electron chi connectivity index (χ3n) is 3.59. The summed E-state index contributed by atoms with van der Waals surface area (Å²) < 4.78 is 27.3. The highest BCUT2D eigenvalue weighted by Gasteiger charge is 2.38. The van der Waals surface area contributed by atoms with Crippen molar-refractivity contribution in [2.45, 2.75) is 31.2 Å². The first-order valence-corrected chi connectivity index (χ1v) is 8.64. The van der Waals surface area contributed by atoms with Gasteiger partial charge in [0.15, 0.2) is 0 Å². The van der Waals surface area contributed by atoms with Crippen molar-refractivity contribution in [3.05, 3.63) is 27.7 Å². The van der Waals surface area contributed by atoms with E-state index in [1.165, 1.54) is 6.07 Å². The van der Waals surface area contributed by atoms with Gasteiger partial charge in [0.25, 0.3) is 0 Å². The average molecular weight is 337 g/mol. The first-order valence-electron chi connectivity index (χ1n) is 6.40. The first kappa shape index (κ1) is 16.0. The van der Waals surface area contributed by atoms with Crippen LogP contribution < -0.4 is 10.0 Å². The van der Waals surface area contributed by atoms with E-state index in [-0.39, 0.29) is 15.3 Å². The van der Waals surface area contributed by atoms with E-state index >= 15 is 0 Å². The molecule has 20 heavy (non-hydrogen) atoms. The molecule has 4 nitrogen and oxygen atoms in total. The number of rotatable bonds is 6. The van der Waals surface area contributed by atoms with Crippen molar-refractivity contribution < 1.29 is 8.42 Å². The van der Waals surface area contributed by atoms with Crippen LogP contribution in [0.25, 0.3) is 0 Å². The van der Waals surface area contributed by atoms with Crippen molar-refractivity contribution in [1.29, 1.82) is 0 Å². The molecule has 0 spiro atoms. The summed E-state index contributed by atoms with van der Waals surface area (Å²) in [5.41, 5.74) is 0.691.